The molecule has 2 aliphatic carbocycles. The molecule has 0 bridgehead atoms. The molecule has 1 saturated heterocycles. The molecule has 0 unspecified atom stereocenters. The van der Waals surface area contributed by atoms with Crippen molar-refractivity contribution in [2.75, 3.05) is 50.0 Å². The molecule has 1 saturated carbocycles. The Labute approximate surface area is 243 Å². The number of aromatic nitrogens is 2. The molecule has 2 fully saturated rings. The van der Waals surface area contributed by atoms with Crippen LogP contribution in [0.3, 0.4) is 0 Å². The number of halogens is 1. The van der Waals surface area contributed by atoms with Crippen molar-refractivity contribution in [3.8, 4) is 17.0 Å². The first-order valence-electron chi connectivity index (χ1n) is 14.0. The average Bonchev–Trinajstić information content (AvgIpc) is 2.95. The van der Waals surface area contributed by atoms with Crippen LogP contribution in [0.4, 0.5) is 11.8 Å². The van der Waals surface area contributed by atoms with Gasteiger partial charge in [0.1, 0.15) is 18.2 Å². The van der Waals surface area contributed by atoms with Crippen molar-refractivity contribution in [2.45, 2.75) is 44.0 Å². The number of benzene rings is 2. The van der Waals surface area contributed by atoms with E-state index in [2.05, 4.69) is 31.9 Å². The first-order chi connectivity index (χ1) is 19.8. The molecule has 3 aliphatic rings. The fourth-order valence-corrected chi connectivity index (χ4v) is 5.95. The number of nitrogens with two attached hydrogens (primary N) is 1. The third-order valence-electron chi connectivity index (χ3n) is 8.26. The van der Waals surface area contributed by atoms with Crippen molar-refractivity contribution in [3.63, 3.8) is 0 Å². The lowest BCUT2D eigenvalue weighted by Gasteiger charge is -2.40. The van der Waals surface area contributed by atoms with Crippen LogP contribution in [0.1, 0.15) is 29.5 Å². The Morgan fingerprint density at radius 1 is 1.07 bits per heavy atom. The van der Waals surface area contributed by atoms with Gasteiger partial charge >= 0.3 is 5.97 Å². The van der Waals surface area contributed by atoms with Crippen molar-refractivity contribution >= 4 is 29.3 Å². The average molecular weight is 580 g/mol. The number of piperazine rings is 1. The molecule has 11 heteroatoms. The Bertz CT molecular complexity index is 1420. The minimum Gasteiger partial charge on any atom is -0.489 e. The number of aliphatic carboxylic acids is 1. The van der Waals surface area contributed by atoms with E-state index in [4.69, 9.17) is 31.9 Å². The zero-order valence-corrected chi connectivity index (χ0v) is 23.5. The Morgan fingerprint density at radius 2 is 1.83 bits per heavy atom. The van der Waals surface area contributed by atoms with Crippen LogP contribution < -0.4 is 15.4 Å². The van der Waals surface area contributed by atoms with Gasteiger partial charge in [-0.2, -0.15) is 4.98 Å². The molecule has 0 spiro atoms. The van der Waals surface area contributed by atoms with Gasteiger partial charge in [-0.05, 0) is 54.3 Å². The molecule has 0 radical (unpaired) electrons. The van der Waals surface area contributed by atoms with Gasteiger partial charge in [-0.1, -0.05) is 23.7 Å². The van der Waals surface area contributed by atoms with E-state index in [0.717, 1.165) is 79.5 Å². The predicted molar refractivity (Wildman–Crippen MR) is 155 cm³/mol. The van der Waals surface area contributed by atoms with E-state index < -0.39 is 11.6 Å². The molecule has 3 aromatic rings. The number of ether oxygens (including phenoxy) is 2. The van der Waals surface area contributed by atoms with Crippen LogP contribution >= 0.6 is 11.6 Å². The van der Waals surface area contributed by atoms with Gasteiger partial charge < -0.3 is 30.3 Å². The van der Waals surface area contributed by atoms with Gasteiger partial charge in [0.25, 0.3) is 0 Å². The lowest BCUT2D eigenvalue weighted by atomic mass is 9.77. The van der Waals surface area contributed by atoms with Crippen molar-refractivity contribution in [3.05, 3.63) is 64.2 Å². The molecular weight excluding hydrogens is 546 g/mol. The van der Waals surface area contributed by atoms with Gasteiger partial charge in [0, 0.05) is 61.7 Å². The van der Waals surface area contributed by atoms with Crippen molar-refractivity contribution in [1.82, 2.24) is 14.9 Å². The second kappa shape index (κ2) is 11.4. The summed E-state index contributed by atoms with van der Waals surface area (Å²) >= 11 is 5.99. The summed E-state index contributed by atoms with van der Waals surface area (Å²) in [6.07, 6.45) is 1.81. The van der Waals surface area contributed by atoms with Crippen molar-refractivity contribution < 1.29 is 24.5 Å². The third-order valence-corrected chi connectivity index (χ3v) is 8.51. The molecule has 2 heterocycles. The second-order valence-corrected chi connectivity index (χ2v) is 11.5. The summed E-state index contributed by atoms with van der Waals surface area (Å²) in [5.41, 5.74) is 9.94. The van der Waals surface area contributed by atoms with E-state index in [1.807, 2.05) is 30.3 Å². The zero-order chi connectivity index (χ0) is 28.6. The highest BCUT2D eigenvalue weighted by molar-refractivity contribution is 6.30. The molecule has 216 valence electrons. The number of rotatable bonds is 9. The Balaban J connectivity index is 1.06. The number of hydrogen-bond donors (Lipinski definition) is 3. The fourth-order valence-electron chi connectivity index (χ4n) is 5.83. The van der Waals surface area contributed by atoms with Crippen LogP contribution in [0.5, 0.6) is 5.75 Å². The Hall–Kier alpha value is -3.44. The molecule has 10 nitrogen and oxygen atoms in total. The maximum Gasteiger partial charge on any atom is 0.335 e. The standard InChI is InChI=1S/C30H34ClN5O5/c31-21-4-1-19(2-5-21)18-41-22-6-8-24-20(15-22)3-7-25-26(24)33-29(32)34-27(25)36-11-9-35(10-12-36)13-14-40-23-16-30(39,17-23)28(37)38/h1-2,4-6,8,15,23,39H,3,7,9-14,16-18H2,(H,37,38)(H2,32,33,34). The minimum absolute atomic E-state index is 0.150. The van der Waals surface area contributed by atoms with Crippen molar-refractivity contribution in [1.29, 1.82) is 0 Å². The fraction of sp³-hybridized carbons (Fsp3) is 0.433. The van der Waals surface area contributed by atoms with E-state index >= 15 is 0 Å². The van der Waals surface area contributed by atoms with Gasteiger partial charge in [0.15, 0.2) is 5.60 Å². The van der Waals surface area contributed by atoms with Crippen LogP contribution in [0.15, 0.2) is 42.5 Å². The highest BCUT2D eigenvalue weighted by atomic mass is 35.5. The molecule has 0 amide bonds. The van der Waals surface area contributed by atoms with E-state index in [-0.39, 0.29) is 24.9 Å². The van der Waals surface area contributed by atoms with Crippen LogP contribution in [0.2, 0.25) is 5.02 Å². The number of nitrogen functional groups attached to an aromatic ring is 1. The van der Waals surface area contributed by atoms with Crippen molar-refractivity contribution in [2.24, 2.45) is 0 Å². The summed E-state index contributed by atoms with van der Waals surface area (Å²) < 4.78 is 11.8. The summed E-state index contributed by atoms with van der Waals surface area (Å²) in [4.78, 5) is 25.0. The SMILES string of the molecule is Nc1nc2c(c(N3CCN(CCOC4CC(O)(C(=O)O)C4)CC3)n1)CCc1cc(OCc3ccc(Cl)cc3)ccc1-2. The van der Waals surface area contributed by atoms with Gasteiger partial charge in [-0.3, -0.25) is 4.90 Å². The summed E-state index contributed by atoms with van der Waals surface area (Å²) in [7, 11) is 0. The van der Waals surface area contributed by atoms with Gasteiger partial charge in [-0.15, -0.1) is 0 Å². The topological polar surface area (TPSA) is 134 Å². The number of nitrogens with zero attached hydrogens (tertiary/aromatic N) is 4. The summed E-state index contributed by atoms with van der Waals surface area (Å²) in [6, 6.07) is 13.8. The van der Waals surface area contributed by atoms with Crippen LogP contribution in [-0.2, 0) is 29.0 Å². The maximum absolute atomic E-state index is 11.0. The molecule has 4 N–H and O–H groups in total. The first kappa shape index (κ1) is 27.7. The predicted octanol–water partition coefficient (Wildman–Crippen LogP) is 3.17. The Kier molecular flexibility index (Phi) is 7.74. The van der Waals surface area contributed by atoms with Crippen LogP contribution in [-0.4, -0.2) is 82.1 Å². The monoisotopic (exact) mass is 579 g/mol. The number of anilines is 2. The summed E-state index contributed by atoms with van der Waals surface area (Å²) in [5, 5.41) is 19.6. The van der Waals surface area contributed by atoms with Crippen LogP contribution in [0, 0.1) is 0 Å². The third kappa shape index (κ3) is 5.97. The highest BCUT2D eigenvalue weighted by Crippen LogP contribution is 2.39. The van der Waals surface area contributed by atoms with Gasteiger partial charge in [-0.25, -0.2) is 9.78 Å². The largest absolute Gasteiger partial charge is 0.489 e. The molecule has 1 aliphatic heterocycles. The summed E-state index contributed by atoms with van der Waals surface area (Å²) in [5.74, 6) is 0.833. The number of carbonyl (C=O) groups is 1. The quantitative estimate of drug-likeness (QED) is 0.347. The second-order valence-electron chi connectivity index (χ2n) is 11.0. The Morgan fingerprint density at radius 3 is 2.56 bits per heavy atom. The van der Waals surface area contributed by atoms with E-state index in [0.29, 0.717) is 18.2 Å². The lowest BCUT2D eigenvalue weighted by Crippen LogP contribution is -2.54. The number of aliphatic hydroxyl groups is 1. The first-order valence-corrected chi connectivity index (χ1v) is 14.4. The van der Waals surface area contributed by atoms with Crippen LogP contribution in [0.25, 0.3) is 11.3 Å². The van der Waals surface area contributed by atoms with Gasteiger partial charge in [0.05, 0.1) is 18.4 Å². The zero-order valence-electron chi connectivity index (χ0n) is 22.8. The molecule has 1 aromatic heterocycles. The minimum atomic E-state index is -1.62. The normalized spacial score (nSPS) is 22.0. The van der Waals surface area contributed by atoms with E-state index in [9.17, 15) is 9.90 Å². The number of aryl methyl sites for hydroxylation is 1. The van der Waals surface area contributed by atoms with E-state index in [1.54, 1.807) is 0 Å². The number of carboxylic acids is 1. The van der Waals surface area contributed by atoms with Gasteiger partial charge in [0.2, 0.25) is 5.95 Å². The molecule has 41 heavy (non-hydrogen) atoms. The number of hydrogen-bond acceptors (Lipinski definition) is 9. The highest BCUT2D eigenvalue weighted by Gasteiger charge is 2.49. The molecule has 2 aromatic carbocycles. The smallest absolute Gasteiger partial charge is 0.335 e. The molecular formula is C30H34ClN5O5. The molecule has 0 atom stereocenters. The maximum atomic E-state index is 11.0. The summed E-state index contributed by atoms with van der Waals surface area (Å²) in [6.45, 7) is 5.09. The number of fused-ring (bicyclic) bond motifs is 3. The number of carboxylic acid groups (broad SMARTS) is 1. The van der Waals surface area contributed by atoms with E-state index in [1.165, 1.54) is 5.56 Å². The lowest BCUT2D eigenvalue weighted by molar-refractivity contribution is -0.187. The molecule has 6 rings (SSSR count).